The van der Waals surface area contributed by atoms with Gasteiger partial charge in [-0.25, -0.2) is 0 Å². The largest absolute Gasteiger partial charge is 0.497 e. The lowest BCUT2D eigenvalue weighted by atomic mass is 9.84. The van der Waals surface area contributed by atoms with E-state index in [1.165, 1.54) is 24.0 Å². The monoisotopic (exact) mass is 475 g/mol. The first-order valence-electron chi connectivity index (χ1n) is 13.0. The second-order valence-corrected chi connectivity index (χ2v) is 10.6. The van der Waals surface area contributed by atoms with E-state index in [0.29, 0.717) is 26.1 Å². The van der Waals surface area contributed by atoms with Crippen LogP contribution in [-0.4, -0.2) is 52.9 Å². The average molecular weight is 476 g/mol. The minimum absolute atomic E-state index is 0.0245. The third kappa shape index (κ3) is 4.81. The van der Waals surface area contributed by atoms with Crippen molar-refractivity contribution in [2.75, 3.05) is 13.7 Å². The maximum Gasteiger partial charge on any atom is 0.247 e. The van der Waals surface area contributed by atoms with E-state index < -0.39 is 5.54 Å². The highest BCUT2D eigenvalue weighted by atomic mass is 16.5. The van der Waals surface area contributed by atoms with Crippen molar-refractivity contribution in [2.24, 2.45) is 0 Å². The molecule has 2 fully saturated rings. The fourth-order valence-electron chi connectivity index (χ4n) is 6.02. The molecular weight excluding hydrogens is 438 g/mol. The number of nitrogens with zero attached hydrogens (tertiary/aromatic N) is 2. The van der Waals surface area contributed by atoms with Gasteiger partial charge in [0.05, 0.1) is 13.2 Å². The molecule has 0 radical (unpaired) electrons. The highest BCUT2D eigenvalue weighted by Gasteiger charge is 2.52. The summed E-state index contributed by atoms with van der Waals surface area (Å²) < 4.78 is 5.31. The SMILES string of the molecule is COc1ccc(CN2C(=O)[C@H]3Cc4ccccc4CN3C[C@@]2(C)C(=O)NC2CCCCCC2)cc1. The highest BCUT2D eigenvalue weighted by molar-refractivity contribution is 5.95. The molecule has 0 bridgehead atoms. The molecule has 2 aromatic rings. The van der Waals surface area contributed by atoms with Gasteiger partial charge in [-0.05, 0) is 55.0 Å². The summed E-state index contributed by atoms with van der Waals surface area (Å²) in [6.07, 6.45) is 7.51. The van der Waals surface area contributed by atoms with Crippen molar-refractivity contribution in [1.82, 2.24) is 15.1 Å². The molecule has 0 unspecified atom stereocenters. The summed E-state index contributed by atoms with van der Waals surface area (Å²) in [7, 11) is 1.65. The molecule has 3 aliphatic rings. The third-order valence-corrected chi connectivity index (χ3v) is 8.18. The first kappa shape index (κ1) is 23.9. The number of nitrogens with one attached hydrogen (secondary N) is 1. The molecule has 35 heavy (non-hydrogen) atoms. The first-order valence-corrected chi connectivity index (χ1v) is 13.0. The van der Waals surface area contributed by atoms with Gasteiger partial charge in [-0.1, -0.05) is 62.1 Å². The van der Waals surface area contributed by atoms with Crippen LogP contribution in [0.1, 0.15) is 62.1 Å². The predicted molar refractivity (Wildman–Crippen MR) is 136 cm³/mol. The molecule has 5 rings (SSSR count). The zero-order valence-electron chi connectivity index (χ0n) is 21.0. The Morgan fingerprint density at radius 1 is 1.03 bits per heavy atom. The van der Waals surface area contributed by atoms with Crippen LogP contribution in [-0.2, 0) is 29.1 Å². The molecule has 1 N–H and O–H groups in total. The summed E-state index contributed by atoms with van der Waals surface area (Å²) in [4.78, 5) is 32.0. The third-order valence-electron chi connectivity index (χ3n) is 8.18. The highest BCUT2D eigenvalue weighted by Crippen LogP contribution is 2.35. The van der Waals surface area contributed by atoms with Gasteiger partial charge in [-0.3, -0.25) is 14.5 Å². The minimum atomic E-state index is -0.938. The molecule has 1 aliphatic carbocycles. The molecular formula is C29H37N3O3. The normalized spacial score (nSPS) is 25.4. The van der Waals surface area contributed by atoms with Crippen LogP contribution >= 0.6 is 0 Å². The Bertz CT molecular complexity index is 1060. The number of hydrogen-bond donors (Lipinski definition) is 1. The summed E-state index contributed by atoms with van der Waals surface area (Å²) in [5, 5.41) is 3.36. The van der Waals surface area contributed by atoms with E-state index in [4.69, 9.17) is 4.74 Å². The quantitative estimate of drug-likeness (QED) is 0.663. The van der Waals surface area contributed by atoms with Gasteiger partial charge in [0.1, 0.15) is 11.3 Å². The van der Waals surface area contributed by atoms with Crippen LogP contribution in [0.15, 0.2) is 48.5 Å². The lowest BCUT2D eigenvalue weighted by Crippen LogP contribution is -2.72. The predicted octanol–water partition coefficient (Wildman–Crippen LogP) is 4.06. The Balaban J connectivity index is 1.44. The van der Waals surface area contributed by atoms with Crippen molar-refractivity contribution in [2.45, 2.75) is 82.6 Å². The second-order valence-electron chi connectivity index (χ2n) is 10.6. The maximum atomic E-state index is 14.0. The number of amides is 2. The number of methoxy groups -OCH3 is 1. The number of fused-ring (bicyclic) bond motifs is 2. The van der Waals surface area contributed by atoms with Crippen LogP contribution in [0.3, 0.4) is 0 Å². The van der Waals surface area contributed by atoms with Crippen molar-refractivity contribution in [1.29, 1.82) is 0 Å². The Kier molecular flexibility index (Phi) is 6.83. The van der Waals surface area contributed by atoms with Gasteiger partial charge in [0.25, 0.3) is 0 Å². The molecule has 2 heterocycles. The van der Waals surface area contributed by atoms with Gasteiger partial charge in [-0.15, -0.1) is 0 Å². The Morgan fingerprint density at radius 3 is 2.40 bits per heavy atom. The van der Waals surface area contributed by atoms with Gasteiger partial charge >= 0.3 is 0 Å². The molecule has 1 saturated heterocycles. The first-order chi connectivity index (χ1) is 17.0. The number of benzene rings is 2. The van der Waals surface area contributed by atoms with Crippen LogP contribution in [0.4, 0.5) is 0 Å². The topological polar surface area (TPSA) is 61.9 Å². The Labute approximate surface area is 208 Å². The van der Waals surface area contributed by atoms with Crippen LogP contribution in [0.25, 0.3) is 0 Å². The molecule has 2 aromatic carbocycles. The molecule has 186 valence electrons. The smallest absolute Gasteiger partial charge is 0.247 e. The lowest BCUT2D eigenvalue weighted by Gasteiger charge is -2.52. The molecule has 6 heteroatoms. The second kappa shape index (κ2) is 10.0. The van der Waals surface area contributed by atoms with Crippen molar-refractivity contribution < 1.29 is 14.3 Å². The summed E-state index contributed by atoms with van der Waals surface area (Å²) in [5.74, 6) is 0.798. The summed E-state index contributed by atoms with van der Waals surface area (Å²) in [6.45, 7) is 3.60. The number of carbonyl (C=O) groups is 2. The molecule has 2 amide bonds. The van der Waals surface area contributed by atoms with Gasteiger partial charge in [0, 0.05) is 25.7 Å². The standard InChI is InChI=1S/C29H37N3O3/c1-29(28(34)30-24-11-5-3-4-6-12-24)20-31-19-23-10-8-7-9-22(23)17-26(31)27(33)32(29)18-21-13-15-25(35-2)16-14-21/h7-10,13-16,24,26H,3-6,11-12,17-20H2,1-2H3,(H,30,34)/t26-,29+/m1/s1. The van der Waals surface area contributed by atoms with E-state index in [0.717, 1.165) is 37.0 Å². The van der Waals surface area contributed by atoms with Crippen molar-refractivity contribution in [3.63, 3.8) is 0 Å². The summed E-state index contributed by atoms with van der Waals surface area (Å²) in [5.41, 5.74) is 2.55. The zero-order valence-corrected chi connectivity index (χ0v) is 21.0. The molecule has 2 atom stereocenters. The number of rotatable bonds is 5. The zero-order chi connectivity index (χ0) is 24.4. The molecule has 0 aromatic heterocycles. The Morgan fingerprint density at radius 2 is 1.71 bits per heavy atom. The Hall–Kier alpha value is -2.86. The van der Waals surface area contributed by atoms with E-state index in [2.05, 4.69) is 28.4 Å². The number of piperazine rings is 1. The number of hydrogen-bond acceptors (Lipinski definition) is 4. The van der Waals surface area contributed by atoms with Gasteiger partial charge < -0.3 is 15.0 Å². The van der Waals surface area contributed by atoms with Gasteiger partial charge in [0.15, 0.2) is 0 Å². The van der Waals surface area contributed by atoms with Crippen molar-refractivity contribution in [3.05, 3.63) is 65.2 Å². The molecule has 1 saturated carbocycles. The van der Waals surface area contributed by atoms with E-state index in [1.807, 2.05) is 42.2 Å². The van der Waals surface area contributed by atoms with Crippen LogP contribution in [0.5, 0.6) is 5.75 Å². The van der Waals surface area contributed by atoms with E-state index in [-0.39, 0.29) is 23.9 Å². The van der Waals surface area contributed by atoms with E-state index in [1.54, 1.807) is 7.11 Å². The number of ether oxygens (including phenoxy) is 1. The van der Waals surface area contributed by atoms with Crippen LogP contribution in [0.2, 0.25) is 0 Å². The van der Waals surface area contributed by atoms with Crippen LogP contribution < -0.4 is 10.1 Å². The molecule has 6 nitrogen and oxygen atoms in total. The fourth-order valence-corrected chi connectivity index (χ4v) is 6.02. The molecule has 0 spiro atoms. The number of carbonyl (C=O) groups excluding carboxylic acids is 2. The molecule has 2 aliphatic heterocycles. The van der Waals surface area contributed by atoms with E-state index in [9.17, 15) is 9.59 Å². The summed E-state index contributed by atoms with van der Waals surface area (Å²) in [6, 6.07) is 16.1. The van der Waals surface area contributed by atoms with E-state index >= 15 is 0 Å². The van der Waals surface area contributed by atoms with Gasteiger partial charge in [0.2, 0.25) is 11.8 Å². The maximum absolute atomic E-state index is 14.0. The fraction of sp³-hybridized carbons (Fsp3) is 0.517. The van der Waals surface area contributed by atoms with Crippen molar-refractivity contribution >= 4 is 11.8 Å². The van der Waals surface area contributed by atoms with Crippen molar-refractivity contribution in [3.8, 4) is 5.75 Å². The average Bonchev–Trinajstić information content (AvgIpc) is 3.14. The van der Waals surface area contributed by atoms with Crippen LogP contribution in [0, 0.1) is 0 Å². The van der Waals surface area contributed by atoms with Gasteiger partial charge in [-0.2, -0.15) is 0 Å². The lowest BCUT2D eigenvalue weighted by molar-refractivity contribution is -0.163. The minimum Gasteiger partial charge on any atom is -0.497 e. The summed E-state index contributed by atoms with van der Waals surface area (Å²) >= 11 is 0.